The van der Waals surface area contributed by atoms with Crippen molar-refractivity contribution in [2.24, 2.45) is 0 Å². The van der Waals surface area contributed by atoms with Gasteiger partial charge in [0.2, 0.25) is 5.91 Å². The molecule has 6 nitrogen and oxygen atoms in total. The molecular weight excluding hydrogens is 439 g/mol. The van der Waals surface area contributed by atoms with Crippen LogP contribution in [0.25, 0.3) is 0 Å². The lowest BCUT2D eigenvalue weighted by atomic mass is 10.2. The van der Waals surface area contributed by atoms with E-state index in [0.717, 1.165) is 25.7 Å². The Bertz CT molecular complexity index is 861. The Morgan fingerprint density at radius 2 is 1.61 bits per heavy atom. The van der Waals surface area contributed by atoms with Crippen LogP contribution in [0.4, 0.5) is 0 Å². The number of rotatable bonds is 12. The molecule has 0 radical (unpaired) electrons. The Hall–Kier alpha value is -2.44. The maximum atomic E-state index is 12.4. The van der Waals surface area contributed by atoms with Crippen molar-refractivity contribution < 1.29 is 19.1 Å². The van der Waals surface area contributed by atoms with Crippen LogP contribution in [-0.4, -0.2) is 25.0 Å². The molecule has 0 bridgehead atoms. The van der Waals surface area contributed by atoms with Crippen molar-refractivity contribution in [3.63, 3.8) is 0 Å². The topological polar surface area (TPSA) is 76.7 Å². The number of amides is 2. The van der Waals surface area contributed by atoms with Gasteiger partial charge in [-0.25, -0.2) is 0 Å². The van der Waals surface area contributed by atoms with Crippen LogP contribution in [0.5, 0.6) is 11.5 Å². The first-order valence-corrected chi connectivity index (χ1v) is 11.2. The normalized spacial score (nSPS) is 10.4. The molecule has 0 unspecified atom stereocenters. The third-order valence-electron chi connectivity index (χ3n) is 4.40. The number of unbranched alkanes of at least 4 members (excludes halogenated alkanes) is 3. The summed E-state index contributed by atoms with van der Waals surface area (Å²) in [5.74, 6) is 0.254. The van der Waals surface area contributed by atoms with E-state index in [9.17, 15) is 9.59 Å². The smallest absolute Gasteiger partial charge is 0.273 e. The maximum absolute atomic E-state index is 12.4. The van der Waals surface area contributed by atoms with E-state index in [-0.39, 0.29) is 12.3 Å². The lowest BCUT2D eigenvalue weighted by Crippen LogP contribution is -2.41. The molecule has 0 aliphatic carbocycles. The predicted molar refractivity (Wildman–Crippen MR) is 123 cm³/mol. The van der Waals surface area contributed by atoms with Crippen molar-refractivity contribution in [1.29, 1.82) is 0 Å². The van der Waals surface area contributed by atoms with Gasteiger partial charge in [-0.2, -0.15) is 0 Å². The lowest BCUT2D eigenvalue weighted by molar-refractivity contribution is -0.122. The van der Waals surface area contributed by atoms with Crippen LogP contribution in [0.3, 0.4) is 0 Å². The van der Waals surface area contributed by atoms with E-state index < -0.39 is 5.91 Å². The van der Waals surface area contributed by atoms with Gasteiger partial charge < -0.3 is 9.47 Å². The zero-order valence-corrected chi connectivity index (χ0v) is 19.1. The molecule has 2 amide bonds. The van der Waals surface area contributed by atoms with Gasteiger partial charge in [0.1, 0.15) is 11.5 Å². The molecule has 0 fully saturated rings. The van der Waals surface area contributed by atoms with E-state index in [1.54, 1.807) is 36.4 Å². The molecular formula is C23H28Cl2N2O4. The van der Waals surface area contributed by atoms with Gasteiger partial charge in [0, 0.05) is 11.4 Å². The monoisotopic (exact) mass is 466 g/mol. The Balaban J connectivity index is 1.71. The molecule has 0 saturated heterocycles. The molecule has 8 heteroatoms. The summed E-state index contributed by atoms with van der Waals surface area (Å²) in [5.41, 5.74) is 5.22. The standard InChI is InChI=1S/C23H28Cl2N2O4/c1-2-3-4-7-14-30-20-10-6-5-9-18(20)23(29)27-26-22(28)11-8-15-31-21-13-12-17(24)16-19(21)25/h5-6,9-10,12-13,16H,2-4,7-8,11,14-15H2,1H3,(H,26,28)(H,27,29). The van der Waals surface area contributed by atoms with Crippen molar-refractivity contribution in [3.05, 3.63) is 58.1 Å². The van der Waals surface area contributed by atoms with Crippen molar-refractivity contribution in [2.45, 2.75) is 45.4 Å². The Morgan fingerprint density at radius 1 is 0.871 bits per heavy atom. The summed E-state index contributed by atoms with van der Waals surface area (Å²) < 4.78 is 11.3. The van der Waals surface area contributed by atoms with Gasteiger partial charge in [-0.05, 0) is 43.2 Å². The second-order valence-corrected chi connectivity index (χ2v) is 7.78. The summed E-state index contributed by atoms with van der Waals surface area (Å²) >= 11 is 11.9. The van der Waals surface area contributed by atoms with Crippen molar-refractivity contribution in [1.82, 2.24) is 10.9 Å². The second kappa shape index (κ2) is 13.8. The third kappa shape index (κ3) is 9.07. The van der Waals surface area contributed by atoms with Crippen LogP contribution in [0.2, 0.25) is 10.0 Å². The van der Waals surface area contributed by atoms with Crippen LogP contribution >= 0.6 is 23.2 Å². The molecule has 2 rings (SSSR count). The molecule has 2 aromatic carbocycles. The summed E-state index contributed by atoms with van der Waals surface area (Å²) in [6.45, 7) is 3.00. The van der Waals surface area contributed by atoms with Crippen LogP contribution in [-0.2, 0) is 4.79 Å². The zero-order chi connectivity index (χ0) is 22.5. The van der Waals surface area contributed by atoms with E-state index in [0.29, 0.717) is 46.7 Å². The molecule has 2 aromatic rings. The van der Waals surface area contributed by atoms with E-state index in [4.69, 9.17) is 32.7 Å². The van der Waals surface area contributed by atoms with Gasteiger partial charge in [0.25, 0.3) is 5.91 Å². The number of hydrogen-bond acceptors (Lipinski definition) is 4. The highest BCUT2D eigenvalue weighted by Gasteiger charge is 2.13. The molecule has 0 atom stereocenters. The quantitative estimate of drug-likeness (QED) is 0.316. The van der Waals surface area contributed by atoms with Gasteiger partial charge in [0.05, 0.1) is 23.8 Å². The number of carbonyl (C=O) groups excluding carboxylic acids is 2. The number of hydrogen-bond donors (Lipinski definition) is 2. The first-order chi connectivity index (χ1) is 15.0. The van der Waals surface area contributed by atoms with Gasteiger partial charge in [-0.1, -0.05) is 61.5 Å². The number of nitrogens with one attached hydrogen (secondary N) is 2. The van der Waals surface area contributed by atoms with Crippen LogP contribution in [0.1, 0.15) is 55.8 Å². The number of benzene rings is 2. The second-order valence-electron chi connectivity index (χ2n) is 6.93. The SMILES string of the molecule is CCCCCCOc1ccccc1C(=O)NNC(=O)CCCOc1ccc(Cl)cc1Cl. The van der Waals surface area contributed by atoms with E-state index in [2.05, 4.69) is 17.8 Å². The third-order valence-corrected chi connectivity index (χ3v) is 4.93. The van der Waals surface area contributed by atoms with Gasteiger partial charge >= 0.3 is 0 Å². The number of hydrazine groups is 1. The van der Waals surface area contributed by atoms with E-state index >= 15 is 0 Å². The van der Waals surface area contributed by atoms with E-state index in [1.807, 2.05) is 6.07 Å². The van der Waals surface area contributed by atoms with Gasteiger partial charge in [-0.3, -0.25) is 20.4 Å². The minimum absolute atomic E-state index is 0.182. The highest BCUT2D eigenvalue weighted by Crippen LogP contribution is 2.27. The number of halogens is 2. The molecule has 0 aliphatic heterocycles. The molecule has 0 aromatic heterocycles. The molecule has 0 aliphatic rings. The zero-order valence-electron chi connectivity index (χ0n) is 17.6. The molecule has 2 N–H and O–H groups in total. The Kier molecular flexibility index (Phi) is 11.0. The van der Waals surface area contributed by atoms with Gasteiger partial charge in [0.15, 0.2) is 0 Å². The fraction of sp³-hybridized carbons (Fsp3) is 0.391. The van der Waals surface area contributed by atoms with Crippen molar-refractivity contribution >= 4 is 35.0 Å². The minimum Gasteiger partial charge on any atom is -0.493 e. The molecule has 0 spiro atoms. The fourth-order valence-corrected chi connectivity index (χ4v) is 3.22. The van der Waals surface area contributed by atoms with Crippen LogP contribution in [0, 0.1) is 0 Å². The number of carbonyl (C=O) groups is 2. The number of para-hydroxylation sites is 1. The first-order valence-electron chi connectivity index (χ1n) is 10.4. The largest absolute Gasteiger partial charge is 0.493 e. The summed E-state index contributed by atoms with van der Waals surface area (Å²) in [6, 6.07) is 11.9. The predicted octanol–water partition coefficient (Wildman–Crippen LogP) is 5.57. The van der Waals surface area contributed by atoms with Crippen molar-refractivity contribution in [3.8, 4) is 11.5 Å². The van der Waals surface area contributed by atoms with Gasteiger partial charge in [-0.15, -0.1) is 0 Å². The van der Waals surface area contributed by atoms with Crippen LogP contribution < -0.4 is 20.3 Å². The maximum Gasteiger partial charge on any atom is 0.273 e. The van der Waals surface area contributed by atoms with Crippen molar-refractivity contribution in [2.75, 3.05) is 13.2 Å². The van der Waals surface area contributed by atoms with Crippen LogP contribution in [0.15, 0.2) is 42.5 Å². The average molecular weight is 467 g/mol. The first kappa shape index (κ1) is 24.8. The lowest BCUT2D eigenvalue weighted by Gasteiger charge is -2.12. The average Bonchev–Trinajstić information content (AvgIpc) is 2.76. The highest BCUT2D eigenvalue weighted by atomic mass is 35.5. The summed E-state index contributed by atoms with van der Waals surface area (Å²) in [7, 11) is 0. The number of ether oxygens (including phenoxy) is 2. The minimum atomic E-state index is -0.429. The van der Waals surface area contributed by atoms with E-state index in [1.165, 1.54) is 0 Å². The highest BCUT2D eigenvalue weighted by molar-refractivity contribution is 6.35. The molecule has 168 valence electrons. The molecule has 31 heavy (non-hydrogen) atoms. The molecule has 0 heterocycles. The summed E-state index contributed by atoms with van der Waals surface area (Å²) in [5, 5.41) is 0.936. The summed E-state index contributed by atoms with van der Waals surface area (Å²) in [6.07, 6.45) is 4.98. The summed E-state index contributed by atoms with van der Waals surface area (Å²) in [4.78, 5) is 24.4. The Labute approximate surface area is 193 Å². The fourth-order valence-electron chi connectivity index (χ4n) is 2.75. The molecule has 0 saturated carbocycles. The Morgan fingerprint density at radius 3 is 2.39 bits per heavy atom.